The monoisotopic (exact) mass is 310 g/mol. The van der Waals surface area contributed by atoms with Crippen LogP contribution in [0.3, 0.4) is 0 Å². The van der Waals surface area contributed by atoms with E-state index in [0.717, 1.165) is 25.4 Å². The lowest BCUT2D eigenvalue weighted by atomic mass is 10.2. The van der Waals surface area contributed by atoms with Gasteiger partial charge in [0, 0.05) is 5.92 Å². The lowest BCUT2D eigenvalue weighted by Crippen LogP contribution is -2.25. The first kappa shape index (κ1) is 17.0. The fourth-order valence-electron chi connectivity index (χ4n) is 1.48. The number of thioether (sulfide) groups is 3. The average molecular weight is 311 g/mol. The van der Waals surface area contributed by atoms with Crippen LogP contribution < -0.4 is 0 Å². The van der Waals surface area contributed by atoms with Crippen LogP contribution in [-0.2, 0) is 9.47 Å². The van der Waals surface area contributed by atoms with Crippen molar-refractivity contribution in [3.63, 3.8) is 0 Å². The zero-order valence-electron chi connectivity index (χ0n) is 11.8. The molecule has 0 N–H and O–H groups in total. The van der Waals surface area contributed by atoms with E-state index in [9.17, 15) is 0 Å². The second-order valence-corrected chi connectivity index (χ2v) is 8.15. The van der Waals surface area contributed by atoms with Crippen LogP contribution in [-0.4, -0.2) is 47.1 Å². The van der Waals surface area contributed by atoms with Crippen molar-refractivity contribution >= 4 is 35.3 Å². The van der Waals surface area contributed by atoms with Gasteiger partial charge in [-0.05, 0) is 29.4 Å². The summed E-state index contributed by atoms with van der Waals surface area (Å²) in [6, 6.07) is 0. The van der Waals surface area contributed by atoms with Crippen molar-refractivity contribution in [2.75, 3.05) is 42.0 Å². The van der Waals surface area contributed by atoms with Gasteiger partial charge in [-0.15, -0.1) is 0 Å². The van der Waals surface area contributed by atoms with Crippen molar-refractivity contribution in [2.45, 2.75) is 32.3 Å². The fourth-order valence-corrected chi connectivity index (χ4v) is 3.80. The van der Waals surface area contributed by atoms with Crippen molar-refractivity contribution in [2.24, 2.45) is 5.92 Å². The highest BCUT2D eigenvalue weighted by Crippen LogP contribution is 2.47. The number of rotatable bonds is 12. The summed E-state index contributed by atoms with van der Waals surface area (Å²) in [6.07, 6.45) is 1.06. The van der Waals surface area contributed by atoms with E-state index in [0.29, 0.717) is 5.92 Å². The molecule has 1 aliphatic rings. The molecule has 0 spiro atoms. The van der Waals surface area contributed by atoms with E-state index in [2.05, 4.69) is 20.8 Å². The van der Waals surface area contributed by atoms with Gasteiger partial charge in [0.1, 0.15) is 0 Å². The second-order valence-electron chi connectivity index (χ2n) is 4.32. The topological polar surface area (TPSA) is 18.5 Å². The molecule has 108 valence electrons. The minimum atomic E-state index is -0.276. The normalized spacial score (nSPS) is 22.7. The number of ether oxygens (including phenoxy) is 2. The molecule has 0 saturated carbocycles. The van der Waals surface area contributed by atoms with Gasteiger partial charge in [-0.25, -0.2) is 0 Å². The Labute approximate surface area is 125 Å². The molecule has 0 amide bonds. The molecule has 1 heterocycles. The SMILES string of the molecule is CCCOC1(OCC(CSCC)CSCC)CS1. The molecule has 1 rings (SSSR count). The molecule has 5 heteroatoms. The van der Waals surface area contributed by atoms with Gasteiger partial charge in [-0.1, -0.05) is 32.5 Å². The molecular weight excluding hydrogens is 284 g/mol. The third-order valence-electron chi connectivity index (χ3n) is 2.56. The Morgan fingerprint density at radius 2 is 1.72 bits per heavy atom. The largest absolute Gasteiger partial charge is 0.341 e. The summed E-state index contributed by atoms with van der Waals surface area (Å²) in [5.74, 6) is 6.46. The number of hydrogen-bond acceptors (Lipinski definition) is 5. The molecule has 0 radical (unpaired) electrons. The first-order valence-corrected chi connectivity index (χ1v) is 10.1. The van der Waals surface area contributed by atoms with E-state index in [-0.39, 0.29) is 5.12 Å². The molecule has 1 aliphatic heterocycles. The van der Waals surface area contributed by atoms with Crippen LogP contribution in [0.4, 0.5) is 0 Å². The minimum absolute atomic E-state index is 0.276. The zero-order valence-corrected chi connectivity index (χ0v) is 14.2. The highest BCUT2D eigenvalue weighted by Gasteiger charge is 2.47. The third kappa shape index (κ3) is 6.94. The van der Waals surface area contributed by atoms with E-state index in [1.54, 1.807) is 11.8 Å². The van der Waals surface area contributed by atoms with E-state index in [1.165, 1.54) is 23.0 Å². The second kappa shape index (κ2) is 9.81. The Balaban J connectivity index is 2.22. The van der Waals surface area contributed by atoms with Crippen molar-refractivity contribution in [3.05, 3.63) is 0 Å². The predicted molar refractivity (Wildman–Crippen MR) is 86.9 cm³/mol. The van der Waals surface area contributed by atoms with Gasteiger partial charge < -0.3 is 9.47 Å². The van der Waals surface area contributed by atoms with Crippen molar-refractivity contribution in [3.8, 4) is 0 Å². The summed E-state index contributed by atoms with van der Waals surface area (Å²) in [5, 5.41) is -0.276. The molecule has 18 heavy (non-hydrogen) atoms. The van der Waals surface area contributed by atoms with E-state index in [4.69, 9.17) is 9.47 Å². The smallest absolute Gasteiger partial charge is 0.227 e. The first-order chi connectivity index (χ1) is 8.76. The van der Waals surface area contributed by atoms with Crippen LogP contribution in [0.2, 0.25) is 0 Å². The standard InChI is InChI=1S/C13H26O2S3/c1-4-7-14-13(11-18-13)15-8-12(9-16-5-2)10-17-6-3/h12H,4-11H2,1-3H3. The third-order valence-corrected chi connectivity index (χ3v) is 5.79. The lowest BCUT2D eigenvalue weighted by Gasteiger charge is -2.20. The van der Waals surface area contributed by atoms with E-state index in [1.807, 2.05) is 23.5 Å². The van der Waals surface area contributed by atoms with Crippen LogP contribution in [0.15, 0.2) is 0 Å². The van der Waals surface area contributed by atoms with E-state index < -0.39 is 0 Å². The maximum absolute atomic E-state index is 6.01. The van der Waals surface area contributed by atoms with E-state index >= 15 is 0 Å². The lowest BCUT2D eigenvalue weighted by molar-refractivity contribution is -0.140. The summed E-state index contributed by atoms with van der Waals surface area (Å²) in [4.78, 5) is 0. The van der Waals surface area contributed by atoms with Crippen molar-refractivity contribution < 1.29 is 9.47 Å². The fraction of sp³-hybridized carbons (Fsp3) is 1.00. The van der Waals surface area contributed by atoms with Crippen molar-refractivity contribution in [1.29, 1.82) is 0 Å². The molecule has 0 aromatic carbocycles. The molecule has 2 nitrogen and oxygen atoms in total. The number of hydrogen-bond donors (Lipinski definition) is 0. The van der Waals surface area contributed by atoms with Gasteiger partial charge in [0.25, 0.3) is 0 Å². The molecule has 1 unspecified atom stereocenters. The van der Waals surface area contributed by atoms with Crippen LogP contribution in [0.25, 0.3) is 0 Å². The summed E-state index contributed by atoms with van der Waals surface area (Å²) < 4.78 is 11.8. The average Bonchev–Trinajstić information content (AvgIpc) is 3.16. The quantitative estimate of drug-likeness (QED) is 0.400. The van der Waals surface area contributed by atoms with Gasteiger partial charge in [-0.3, -0.25) is 0 Å². The van der Waals surface area contributed by atoms with Gasteiger partial charge in [-0.2, -0.15) is 23.5 Å². The first-order valence-electron chi connectivity index (χ1n) is 6.83. The maximum atomic E-state index is 6.01. The Bertz CT molecular complexity index is 202. The van der Waals surface area contributed by atoms with Gasteiger partial charge in [0.05, 0.1) is 19.0 Å². The molecule has 1 fully saturated rings. The van der Waals surface area contributed by atoms with Crippen LogP contribution >= 0.6 is 35.3 Å². The van der Waals surface area contributed by atoms with Gasteiger partial charge in [0.15, 0.2) is 0 Å². The minimum Gasteiger partial charge on any atom is -0.341 e. The Hall–Kier alpha value is 0.970. The molecule has 0 aromatic rings. The summed E-state index contributed by atoms with van der Waals surface area (Å²) >= 11 is 5.82. The predicted octanol–water partition coefficient (Wildman–Crippen LogP) is 3.95. The molecule has 1 atom stereocenters. The van der Waals surface area contributed by atoms with Crippen LogP contribution in [0, 0.1) is 5.92 Å². The highest BCUT2D eigenvalue weighted by molar-refractivity contribution is 8.07. The van der Waals surface area contributed by atoms with Crippen LogP contribution in [0.5, 0.6) is 0 Å². The molecule has 1 saturated heterocycles. The zero-order chi connectivity index (χ0) is 13.3. The van der Waals surface area contributed by atoms with Gasteiger partial charge in [0.2, 0.25) is 5.12 Å². The van der Waals surface area contributed by atoms with Crippen LogP contribution in [0.1, 0.15) is 27.2 Å². The molecule has 0 aromatic heterocycles. The summed E-state index contributed by atoms with van der Waals surface area (Å²) in [7, 11) is 0. The van der Waals surface area contributed by atoms with Gasteiger partial charge >= 0.3 is 0 Å². The Kier molecular flexibility index (Phi) is 9.28. The molecule has 0 aliphatic carbocycles. The Morgan fingerprint density at radius 1 is 1.11 bits per heavy atom. The highest BCUT2D eigenvalue weighted by atomic mass is 32.2. The molecular formula is C13H26O2S3. The summed E-state index contributed by atoms with van der Waals surface area (Å²) in [5.41, 5.74) is 0. The van der Waals surface area contributed by atoms with Crippen molar-refractivity contribution in [1.82, 2.24) is 0 Å². The maximum Gasteiger partial charge on any atom is 0.227 e. The Morgan fingerprint density at radius 3 is 2.17 bits per heavy atom. The molecule has 0 bridgehead atoms. The summed E-state index contributed by atoms with van der Waals surface area (Å²) in [6.45, 7) is 8.23.